The fourth-order valence-electron chi connectivity index (χ4n) is 2.88. The summed E-state index contributed by atoms with van der Waals surface area (Å²) in [7, 11) is 0. The van der Waals surface area contributed by atoms with Gasteiger partial charge in [0.2, 0.25) is 0 Å². The summed E-state index contributed by atoms with van der Waals surface area (Å²) in [5.74, 6) is 0.863. The molecule has 2 rings (SSSR count). The van der Waals surface area contributed by atoms with E-state index in [1.165, 1.54) is 21.0 Å². The van der Waals surface area contributed by atoms with Crippen molar-refractivity contribution in [2.45, 2.75) is 53.6 Å². The molecule has 28 heavy (non-hydrogen) atoms. The van der Waals surface area contributed by atoms with Gasteiger partial charge in [-0.15, -0.1) is 11.3 Å². The lowest BCUT2D eigenvalue weighted by Crippen LogP contribution is -2.38. The summed E-state index contributed by atoms with van der Waals surface area (Å²) in [5.41, 5.74) is 2.59. The minimum atomic E-state index is 0.679. The van der Waals surface area contributed by atoms with Crippen LogP contribution in [0.25, 0.3) is 0 Å². The molecule has 0 saturated heterocycles. The van der Waals surface area contributed by atoms with Crippen LogP contribution in [0.2, 0.25) is 0 Å². The van der Waals surface area contributed by atoms with E-state index in [2.05, 4.69) is 72.5 Å². The molecule has 1 aromatic carbocycles. The number of thiazole rings is 1. The fourth-order valence-corrected chi connectivity index (χ4v) is 3.74. The number of rotatable bonds is 11. The molecule has 5 nitrogen and oxygen atoms in total. The van der Waals surface area contributed by atoms with Crippen molar-refractivity contribution in [2.75, 3.05) is 26.2 Å². The van der Waals surface area contributed by atoms with Crippen LogP contribution in [0, 0.1) is 0 Å². The number of nitrogens with zero attached hydrogens (tertiary/aromatic N) is 3. The third kappa shape index (κ3) is 7.60. The fraction of sp³-hybridized carbons (Fsp3) is 0.545. The molecule has 2 aromatic rings. The molecule has 2 N–H and O–H groups in total. The van der Waals surface area contributed by atoms with Crippen LogP contribution in [-0.4, -0.2) is 42.0 Å². The van der Waals surface area contributed by atoms with Gasteiger partial charge in [-0.2, -0.15) is 0 Å². The van der Waals surface area contributed by atoms with E-state index in [1.54, 1.807) is 11.3 Å². The summed E-state index contributed by atoms with van der Waals surface area (Å²) in [6.07, 6.45) is 3.97. The number of aromatic nitrogens is 1. The van der Waals surface area contributed by atoms with Crippen molar-refractivity contribution in [3.05, 3.63) is 51.5 Å². The second-order valence-electron chi connectivity index (χ2n) is 6.72. The Kier molecular flexibility index (Phi) is 10.0. The highest BCUT2D eigenvalue weighted by molar-refractivity contribution is 7.11. The SMILES string of the molecule is CCNC(=NCc1ccc(CN(CC)CC)cc1)NCCc1ncc(CC)s1. The van der Waals surface area contributed by atoms with Crippen molar-refractivity contribution in [1.29, 1.82) is 0 Å². The van der Waals surface area contributed by atoms with Crippen LogP contribution in [0.3, 0.4) is 0 Å². The summed E-state index contributed by atoms with van der Waals surface area (Å²) >= 11 is 1.80. The highest BCUT2D eigenvalue weighted by Crippen LogP contribution is 2.13. The summed E-state index contributed by atoms with van der Waals surface area (Å²) in [6, 6.07) is 8.82. The van der Waals surface area contributed by atoms with Crippen LogP contribution in [-0.2, 0) is 25.9 Å². The minimum Gasteiger partial charge on any atom is -0.357 e. The molecule has 0 amide bonds. The van der Waals surface area contributed by atoms with Crippen molar-refractivity contribution in [3.8, 4) is 0 Å². The molecule has 1 heterocycles. The van der Waals surface area contributed by atoms with Gasteiger partial charge < -0.3 is 10.6 Å². The molecule has 0 bridgehead atoms. The van der Waals surface area contributed by atoms with Gasteiger partial charge in [-0.05, 0) is 37.6 Å². The standard InChI is InChI=1S/C22H35N5S/c1-5-20-16-25-21(28-20)13-14-24-22(23-6-2)26-15-18-9-11-19(12-10-18)17-27(7-3)8-4/h9-12,16H,5-8,13-15,17H2,1-4H3,(H2,23,24,26). The maximum atomic E-state index is 4.73. The smallest absolute Gasteiger partial charge is 0.191 e. The highest BCUT2D eigenvalue weighted by Gasteiger charge is 2.03. The minimum absolute atomic E-state index is 0.679. The zero-order valence-electron chi connectivity index (χ0n) is 17.8. The summed E-state index contributed by atoms with van der Waals surface area (Å²) < 4.78 is 0. The van der Waals surface area contributed by atoms with Gasteiger partial charge in [-0.1, -0.05) is 45.0 Å². The Hall–Kier alpha value is -1.92. The number of hydrogen-bond acceptors (Lipinski definition) is 4. The molecule has 0 unspecified atom stereocenters. The quantitative estimate of drug-likeness (QED) is 0.444. The number of nitrogens with one attached hydrogen (secondary N) is 2. The predicted octanol–water partition coefficient (Wildman–Crippen LogP) is 3.85. The average molecular weight is 402 g/mol. The number of benzene rings is 1. The maximum absolute atomic E-state index is 4.73. The lowest BCUT2D eigenvalue weighted by atomic mass is 10.1. The molecular formula is C22H35N5S. The van der Waals surface area contributed by atoms with Crippen LogP contribution >= 0.6 is 11.3 Å². The Labute approximate surface area is 174 Å². The second kappa shape index (κ2) is 12.5. The third-order valence-corrected chi connectivity index (χ3v) is 5.87. The molecule has 6 heteroatoms. The van der Waals surface area contributed by atoms with Crippen LogP contribution in [0.1, 0.15) is 48.7 Å². The zero-order valence-corrected chi connectivity index (χ0v) is 18.6. The number of aliphatic imine (C=N–C) groups is 1. The van der Waals surface area contributed by atoms with Crippen molar-refractivity contribution in [2.24, 2.45) is 4.99 Å². The molecule has 0 saturated carbocycles. The van der Waals surface area contributed by atoms with Crippen LogP contribution in [0.15, 0.2) is 35.5 Å². The lowest BCUT2D eigenvalue weighted by molar-refractivity contribution is 0.296. The normalized spacial score (nSPS) is 11.8. The Morgan fingerprint density at radius 3 is 2.36 bits per heavy atom. The Bertz CT molecular complexity index is 704. The Morgan fingerprint density at radius 1 is 1.04 bits per heavy atom. The molecule has 154 valence electrons. The Balaban J connectivity index is 1.85. The van der Waals surface area contributed by atoms with Crippen LogP contribution in [0.4, 0.5) is 0 Å². The molecule has 0 fully saturated rings. The first-order chi connectivity index (χ1) is 13.7. The van der Waals surface area contributed by atoms with Crippen molar-refractivity contribution < 1.29 is 0 Å². The zero-order chi connectivity index (χ0) is 20.2. The molecular weight excluding hydrogens is 366 g/mol. The number of hydrogen-bond donors (Lipinski definition) is 2. The van der Waals surface area contributed by atoms with Gasteiger partial charge in [-0.3, -0.25) is 4.90 Å². The van der Waals surface area contributed by atoms with Gasteiger partial charge in [0.15, 0.2) is 5.96 Å². The van der Waals surface area contributed by atoms with Crippen molar-refractivity contribution in [1.82, 2.24) is 20.5 Å². The van der Waals surface area contributed by atoms with E-state index < -0.39 is 0 Å². The molecule has 0 radical (unpaired) electrons. The average Bonchev–Trinajstić information content (AvgIpc) is 3.19. The van der Waals surface area contributed by atoms with Gasteiger partial charge >= 0.3 is 0 Å². The number of guanidine groups is 1. The van der Waals surface area contributed by atoms with Gasteiger partial charge in [0, 0.05) is 37.1 Å². The molecule has 0 aliphatic rings. The lowest BCUT2D eigenvalue weighted by Gasteiger charge is -2.18. The summed E-state index contributed by atoms with van der Waals surface area (Å²) in [5, 5.41) is 7.93. The molecule has 0 spiro atoms. The van der Waals surface area contributed by atoms with Crippen molar-refractivity contribution in [3.63, 3.8) is 0 Å². The van der Waals surface area contributed by atoms with Gasteiger partial charge in [0.25, 0.3) is 0 Å². The molecule has 0 aliphatic carbocycles. The van der Waals surface area contributed by atoms with E-state index in [0.717, 1.165) is 51.5 Å². The van der Waals surface area contributed by atoms with E-state index in [1.807, 2.05) is 6.20 Å². The molecule has 0 aliphatic heterocycles. The first-order valence-corrected chi connectivity index (χ1v) is 11.3. The predicted molar refractivity (Wildman–Crippen MR) is 121 cm³/mol. The summed E-state index contributed by atoms with van der Waals surface area (Å²) in [4.78, 5) is 13.0. The second-order valence-corrected chi connectivity index (χ2v) is 7.92. The third-order valence-electron chi connectivity index (χ3n) is 4.67. The summed E-state index contributed by atoms with van der Waals surface area (Å²) in [6.45, 7) is 14.2. The van der Waals surface area contributed by atoms with E-state index >= 15 is 0 Å². The first kappa shape index (κ1) is 22.4. The monoisotopic (exact) mass is 401 g/mol. The van der Waals surface area contributed by atoms with E-state index in [4.69, 9.17) is 4.99 Å². The number of aryl methyl sites for hydroxylation is 1. The van der Waals surface area contributed by atoms with Crippen LogP contribution in [0.5, 0.6) is 0 Å². The largest absolute Gasteiger partial charge is 0.357 e. The van der Waals surface area contributed by atoms with Gasteiger partial charge in [-0.25, -0.2) is 9.98 Å². The van der Waals surface area contributed by atoms with E-state index in [0.29, 0.717) is 6.54 Å². The molecule has 1 aromatic heterocycles. The van der Waals surface area contributed by atoms with Gasteiger partial charge in [0.1, 0.15) is 0 Å². The Morgan fingerprint density at radius 2 is 1.75 bits per heavy atom. The highest BCUT2D eigenvalue weighted by atomic mass is 32.1. The van der Waals surface area contributed by atoms with Crippen LogP contribution < -0.4 is 10.6 Å². The van der Waals surface area contributed by atoms with E-state index in [9.17, 15) is 0 Å². The first-order valence-electron chi connectivity index (χ1n) is 10.4. The van der Waals surface area contributed by atoms with Crippen molar-refractivity contribution >= 4 is 17.3 Å². The maximum Gasteiger partial charge on any atom is 0.191 e. The van der Waals surface area contributed by atoms with E-state index in [-0.39, 0.29) is 0 Å². The topological polar surface area (TPSA) is 52.6 Å². The molecule has 0 atom stereocenters. The van der Waals surface area contributed by atoms with Gasteiger partial charge in [0.05, 0.1) is 11.6 Å².